The van der Waals surface area contributed by atoms with E-state index in [0.717, 1.165) is 25.7 Å². The molecule has 3 aliphatic rings. The molecule has 182 valence electrons. The number of hydrogen-bond acceptors (Lipinski definition) is 6. The topological polar surface area (TPSA) is 93.2 Å². The zero-order chi connectivity index (χ0) is 24.7. The second-order valence-corrected chi connectivity index (χ2v) is 9.49. The van der Waals surface area contributed by atoms with Crippen LogP contribution in [0, 0.1) is 24.7 Å². The van der Waals surface area contributed by atoms with E-state index < -0.39 is 11.9 Å². The van der Waals surface area contributed by atoms with Gasteiger partial charge in [0.15, 0.2) is 0 Å². The summed E-state index contributed by atoms with van der Waals surface area (Å²) < 4.78 is 10.8. The monoisotopic (exact) mass is 476 g/mol. The number of methoxy groups -OCH3 is 1. The van der Waals surface area contributed by atoms with Gasteiger partial charge in [0.25, 0.3) is 0 Å². The van der Waals surface area contributed by atoms with E-state index in [1.807, 2.05) is 0 Å². The SMILES string of the molecule is COc1cccc(N2C[C@@H](C(=O)Oc3ccc(N4C(=O)[C@H]5CCCC[C@H]5C4=O)c(C)c3)CC2=O)c1. The number of anilines is 2. The maximum Gasteiger partial charge on any atom is 0.316 e. The van der Waals surface area contributed by atoms with Gasteiger partial charge < -0.3 is 14.4 Å². The molecule has 2 aromatic carbocycles. The number of ether oxygens (including phenoxy) is 2. The lowest BCUT2D eigenvalue weighted by Crippen LogP contribution is -2.31. The lowest BCUT2D eigenvalue weighted by atomic mass is 9.81. The van der Waals surface area contributed by atoms with Crippen LogP contribution in [0.1, 0.15) is 37.7 Å². The minimum atomic E-state index is -0.599. The van der Waals surface area contributed by atoms with Crippen LogP contribution < -0.4 is 19.3 Å². The molecule has 0 bridgehead atoms. The highest BCUT2D eigenvalue weighted by Gasteiger charge is 2.49. The molecule has 0 unspecified atom stereocenters. The molecule has 1 saturated carbocycles. The molecule has 1 aliphatic carbocycles. The highest BCUT2D eigenvalue weighted by atomic mass is 16.5. The second kappa shape index (κ2) is 9.17. The first-order valence-corrected chi connectivity index (χ1v) is 12.0. The van der Waals surface area contributed by atoms with Crippen molar-refractivity contribution in [2.24, 2.45) is 17.8 Å². The zero-order valence-electron chi connectivity index (χ0n) is 19.9. The number of rotatable bonds is 5. The number of imide groups is 1. The number of fused-ring (bicyclic) bond motifs is 1. The van der Waals surface area contributed by atoms with Crippen LogP contribution in [0.4, 0.5) is 11.4 Å². The molecule has 0 aromatic heterocycles. The quantitative estimate of drug-likeness (QED) is 0.372. The van der Waals surface area contributed by atoms with Crippen LogP contribution in [-0.4, -0.2) is 37.3 Å². The van der Waals surface area contributed by atoms with E-state index in [2.05, 4.69) is 0 Å². The van der Waals surface area contributed by atoms with Gasteiger partial charge in [-0.3, -0.25) is 19.2 Å². The van der Waals surface area contributed by atoms with E-state index in [1.165, 1.54) is 4.90 Å². The smallest absolute Gasteiger partial charge is 0.316 e. The minimum Gasteiger partial charge on any atom is -0.497 e. The Morgan fingerprint density at radius 3 is 2.31 bits per heavy atom. The van der Waals surface area contributed by atoms with Crippen LogP contribution in [0.5, 0.6) is 11.5 Å². The molecule has 0 radical (unpaired) electrons. The normalized spacial score (nSPS) is 24.1. The van der Waals surface area contributed by atoms with Crippen LogP contribution in [0.15, 0.2) is 42.5 Å². The van der Waals surface area contributed by atoms with Crippen molar-refractivity contribution >= 4 is 35.1 Å². The molecule has 5 rings (SSSR count). The van der Waals surface area contributed by atoms with E-state index >= 15 is 0 Å². The van der Waals surface area contributed by atoms with Gasteiger partial charge in [-0.2, -0.15) is 0 Å². The van der Waals surface area contributed by atoms with E-state index in [1.54, 1.807) is 61.4 Å². The fourth-order valence-electron chi connectivity index (χ4n) is 5.43. The van der Waals surface area contributed by atoms with Crippen LogP contribution in [0.25, 0.3) is 0 Å². The van der Waals surface area contributed by atoms with Crippen molar-refractivity contribution in [2.45, 2.75) is 39.0 Å². The Morgan fingerprint density at radius 1 is 0.943 bits per heavy atom. The Labute approximate surface area is 203 Å². The van der Waals surface area contributed by atoms with E-state index in [0.29, 0.717) is 28.4 Å². The number of nitrogens with zero attached hydrogens (tertiary/aromatic N) is 2. The first kappa shape index (κ1) is 23.1. The van der Waals surface area contributed by atoms with Crippen molar-refractivity contribution < 1.29 is 28.7 Å². The molecule has 35 heavy (non-hydrogen) atoms. The van der Waals surface area contributed by atoms with Crippen molar-refractivity contribution in [3.63, 3.8) is 0 Å². The molecule has 0 N–H and O–H groups in total. The number of aryl methyl sites for hydroxylation is 1. The number of benzene rings is 2. The first-order chi connectivity index (χ1) is 16.9. The Balaban J connectivity index is 1.28. The van der Waals surface area contributed by atoms with Crippen molar-refractivity contribution in [1.29, 1.82) is 0 Å². The Morgan fingerprint density at radius 2 is 1.66 bits per heavy atom. The highest BCUT2D eigenvalue weighted by molar-refractivity contribution is 6.22. The van der Waals surface area contributed by atoms with Crippen molar-refractivity contribution in [3.05, 3.63) is 48.0 Å². The average molecular weight is 477 g/mol. The molecule has 2 heterocycles. The molecule has 2 aliphatic heterocycles. The number of esters is 1. The predicted molar refractivity (Wildman–Crippen MR) is 128 cm³/mol. The molecule has 3 amide bonds. The molecule has 8 heteroatoms. The van der Waals surface area contributed by atoms with Gasteiger partial charge in [0.05, 0.1) is 30.6 Å². The average Bonchev–Trinajstić information content (AvgIpc) is 3.37. The molecule has 8 nitrogen and oxygen atoms in total. The molecule has 2 saturated heterocycles. The Kier molecular flexibility index (Phi) is 6.05. The summed E-state index contributed by atoms with van der Waals surface area (Å²) in [6.45, 7) is 2.01. The number of carbonyl (C=O) groups excluding carboxylic acids is 4. The molecule has 0 spiro atoms. The highest BCUT2D eigenvalue weighted by Crippen LogP contribution is 2.41. The minimum absolute atomic E-state index is 0.0622. The fraction of sp³-hybridized carbons (Fsp3) is 0.407. The predicted octanol–water partition coefficient (Wildman–Crippen LogP) is 3.64. The van der Waals surface area contributed by atoms with Crippen LogP contribution >= 0.6 is 0 Å². The third-order valence-corrected chi connectivity index (χ3v) is 7.29. The summed E-state index contributed by atoms with van der Waals surface area (Å²) in [5.74, 6) is -0.996. The van der Waals surface area contributed by atoms with Crippen LogP contribution in [0.2, 0.25) is 0 Å². The van der Waals surface area contributed by atoms with E-state index in [4.69, 9.17) is 9.47 Å². The molecule has 2 aromatic rings. The molecule has 3 fully saturated rings. The lowest BCUT2D eigenvalue weighted by molar-refractivity contribution is -0.139. The summed E-state index contributed by atoms with van der Waals surface area (Å²) in [7, 11) is 1.56. The summed E-state index contributed by atoms with van der Waals surface area (Å²) in [6.07, 6.45) is 3.52. The number of hydrogen-bond donors (Lipinski definition) is 0. The maximum absolute atomic E-state index is 12.9. The van der Waals surface area contributed by atoms with E-state index in [9.17, 15) is 19.2 Å². The van der Waals surface area contributed by atoms with Gasteiger partial charge in [0.2, 0.25) is 17.7 Å². The van der Waals surface area contributed by atoms with Crippen molar-refractivity contribution in [2.75, 3.05) is 23.5 Å². The molecular weight excluding hydrogens is 448 g/mol. The lowest BCUT2D eigenvalue weighted by Gasteiger charge is -2.19. The van der Waals surface area contributed by atoms with Crippen molar-refractivity contribution in [1.82, 2.24) is 0 Å². The third kappa shape index (κ3) is 4.17. The molecular formula is C27H28N2O6. The zero-order valence-corrected chi connectivity index (χ0v) is 19.9. The summed E-state index contributed by atoms with van der Waals surface area (Å²) in [6, 6.07) is 12.1. The maximum atomic E-state index is 12.9. The fourth-order valence-corrected chi connectivity index (χ4v) is 5.43. The van der Waals surface area contributed by atoms with Gasteiger partial charge in [-0.15, -0.1) is 0 Å². The summed E-state index contributed by atoms with van der Waals surface area (Å²) >= 11 is 0. The summed E-state index contributed by atoms with van der Waals surface area (Å²) in [4.78, 5) is 54.1. The van der Waals surface area contributed by atoms with Gasteiger partial charge in [0, 0.05) is 24.7 Å². The van der Waals surface area contributed by atoms with Gasteiger partial charge in [-0.25, -0.2) is 4.90 Å². The second-order valence-electron chi connectivity index (χ2n) is 9.49. The largest absolute Gasteiger partial charge is 0.497 e. The number of amides is 3. The summed E-state index contributed by atoms with van der Waals surface area (Å²) in [5, 5.41) is 0. The van der Waals surface area contributed by atoms with Crippen molar-refractivity contribution in [3.8, 4) is 11.5 Å². The van der Waals surface area contributed by atoms with Gasteiger partial charge in [-0.05, 0) is 55.7 Å². The van der Waals surface area contributed by atoms with Crippen LogP contribution in [-0.2, 0) is 19.2 Å². The van der Waals surface area contributed by atoms with Gasteiger partial charge in [-0.1, -0.05) is 18.9 Å². The van der Waals surface area contributed by atoms with E-state index in [-0.39, 0.29) is 42.5 Å². The van der Waals surface area contributed by atoms with Gasteiger partial charge in [0.1, 0.15) is 11.5 Å². The summed E-state index contributed by atoms with van der Waals surface area (Å²) in [5.41, 5.74) is 1.89. The standard InChI is InChI=1S/C27H28N2O6/c1-16-12-20(10-11-23(16)29-25(31)21-8-3-4-9-22(21)26(29)32)35-27(33)17-13-24(30)28(15-17)18-6-5-7-19(14-18)34-2/h5-7,10-12,14,17,21-22H,3-4,8-9,13,15H2,1-2H3/t17-,21-,22+/m0/s1. The first-order valence-electron chi connectivity index (χ1n) is 12.0. The third-order valence-electron chi connectivity index (χ3n) is 7.29. The van der Waals surface area contributed by atoms with Crippen LogP contribution in [0.3, 0.4) is 0 Å². The van der Waals surface area contributed by atoms with Gasteiger partial charge >= 0.3 is 5.97 Å². The number of carbonyl (C=O) groups is 4. The molecule has 3 atom stereocenters. The Hall–Kier alpha value is -3.68. The Bertz CT molecular complexity index is 1180.